The largest absolute Gasteiger partial charge is 0.399 e. The highest BCUT2D eigenvalue weighted by molar-refractivity contribution is 6.17. The van der Waals surface area contributed by atoms with E-state index < -0.39 is 10.0 Å². The third-order valence-electron chi connectivity index (χ3n) is 1.37. The van der Waals surface area contributed by atoms with Crippen LogP contribution in [0.25, 0.3) is 0 Å². The highest BCUT2D eigenvalue weighted by atomic mass is 28.3. The van der Waals surface area contributed by atoms with Crippen molar-refractivity contribution in [2.75, 3.05) is 18.9 Å². The summed E-state index contributed by atoms with van der Waals surface area (Å²) in [5.41, 5.74) is 6.18. The van der Waals surface area contributed by atoms with Crippen LogP contribution in [-0.2, 0) is 8.85 Å². The molecule has 2 N–H and O–H groups in total. The third kappa shape index (κ3) is 15.6. The fourth-order valence-electron chi connectivity index (χ4n) is 0.679. The molecule has 1 aromatic carbocycles. The molecule has 0 heterocycles. The average Bonchev–Trinajstić information content (AvgIpc) is 2.34. The second-order valence-corrected chi connectivity index (χ2v) is 3.57. The summed E-state index contributed by atoms with van der Waals surface area (Å²) in [6.45, 7) is 9.55. The van der Waals surface area contributed by atoms with Gasteiger partial charge >= 0.3 is 10.0 Å². The summed E-state index contributed by atoms with van der Waals surface area (Å²) >= 11 is 0. The summed E-state index contributed by atoms with van der Waals surface area (Å²) in [6, 6.07) is 9.49. The first kappa shape index (κ1) is 17.5. The Balaban J connectivity index is 0. The van der Waals surface area contributed by atoms with Crippen molar-refractivity contribution in [3.8, 4) is 0 Å². The van der Waals surface area contributed by atoms with Crippen molar-refractivity contribution in [1.82, 2.24) is 0 Å². The van der Waals surface area contributed by atoms with Gasteiger partial charge in [-0.2, -0.15) is 0 Å². The van der Waals surface area contributed by atoms with E-state index in [1.54, 1.807) is 0 Å². The Morgan fingerprint density at radius 2 is 1.44 bits per heavy atom. The zero-order valence-corrected chi connectivity index (χ0v) is 12.3. The summed E-state index contributed by atoms with van der Waals surface area (Å²) in [6.07, 6.45) is 0. The first-order valence-electron chi connectivity index (χ1n) is 5.77. The van der Waals surface area contributed by atoms with Crippen molar-refractivity contribution < 1.29 is 8.85 Å². The van der Waals surface area contributed by atoms with Crippen molar-refractivity contribution in [3.63, 3.8) is 0 Å². The molecule has 0 amide bonds. The summed E-state index contributed by atoms with van der Waals surface area (Å²) in [5.74, 6) is 0. The fourth-order valence-corrected chi connectivity index (χ4v) is 1.13. The van der Waals surface area contributed by atoms with Crippen LogP contribution in [0.15, 0.2) is 30.3 Å². The van der Waals surface area contributed by atoms with Gasteiger partial charge in [0.2, 0.25) is 0 Å². The lowest BCUT2D eigenvalue weighted by Gasteiger charge is -1.96. The Bertz CT molecular complexity index is 203. The molecule has 0 aliphatic heterocycles. The fraction of sp³-hybridized carbons (Fsp3) is 0.500. The second-order valence-electron chi connectivity index (χ2n) is 2.51. The van der Waals surface area contributed by atoms with Crippen LogP contribution in [0.1, 0.15) is 27.7 Å². The molecule has 0 bridgehead atoms. The number of nitrogens with two attached hydrogens (primary N) is 1. The van der Waals surface area contributed by atoms with E-state index in [1.807, 2.05) is 58.0 Å². The maximum absolute atomic E-state index is 5.36. The molecule has 0 fully saturated rings. The van der Waals surface area contributed by atoms with Gasteiger partial charge in [0.05, 0.1) is 0 Å². The van der Waals surface area contributed by atoms with Crippen molar-refractivity contribution in [3.05, 3.63) is 30.3 Å². The van der Waals surface area contributed by atoms with Crippen LogP contribution >= 0.6 is 0 Å². The number of anilines is 1. The Morgan fingerprint density at radius 3 is 1.69 bits per heavy atom. The van der Waals surface area contributed by atoms with Gasteiger partial charge in [-0.05, 0) is 26.0 Å². The number of nitrogen functional groups attached to an aromatic ring is 1. The molecule has 0 atom stereocenters. The van der Waals surface area contributed by atoms with E-state index in [1.165, 1.54) is 0 Å². The van der Waals surface area contributed by atoms with Crippen LogP contribution in [0.5, 0.6) is 0 Å². The van der Waals surface area contributed by atoms with Crippen LogP contribution in [0, 0.1) is 0 Å². The molecule has 0 saturated heterocycles. The predicted octanol–water partition coefficient (Wildman–Crippen LogP) is 2.35. The number of rotatable bonds is 4. The zero-order chi connectivity index (χ0) is 12.6. The first-order chi connectivity index (χ1) is 7.81. The molecule has 16 heavy (non-hydrogen) atoms. The lowest BCUT2D eigenvalue weighted by Crippen LogP contribution is -2.02. The number of benzene rings is 1. The van der Waals surface area contributed by atoms with Gasteiger partial charge in [0.25, 0.3) is 0 Å². The molecular formula is C12H25NO2Si. The Morgan fingerprint density at radius 1 is 1.00 bits per heavy atom. The molecule has 0 aliphatic rings. The van der Waals surface area contributed by atoms with Gasteiger partial charge in [0, 0.05) is 18.9 Å². The maximum Gasteiger partial charge on any atom is 0.304 e. The maximum atomic E-state index is 5.36. The van der Waals surface area contributed by atoms with Crippen LogP contribution in [0.4, 0.5) is 5.69 Å². The molecular weight excluding hydrogens is 218 g/mol. The van der Waals surface area contributed by atoms with E-state index in [0.29, 0.717) is 0 Å². The summed E-state index contributed by atoms with van der Waals surface area (Å²) in [5, 5.41) is 0. The molecule has 0 saturated carbocycles. The molecule has 0 aliphatic carbocycles. The standard InChI is InChI=1S/C6H7N.C4H12O2Si.C2H6/c7-6-4-2-1-3-5-6;1-3-5-7-6-4-2;1-2/h1-5H,7H2;3-4,7H2,1-2H3;1-2H3. The van der Waals surface area contributed by atoms with E-state index in [2.05, 4.69) is 0 Å². The molecule has 0 radical (unpaired) electrons. The number of hydrogen-bond donors (Lipinski definition) is 1. The minimum atomic E-state index is -0.589. The SMILES string of the molecule is CC.CCO[SiH2]OCC.Nc1ccccc1. The van der Waals surface area contributed by atoms with Gasteiger partial charge in [-0.1, -0.05) is 32.0 Å². The van der Waals surface area contributed by atoms with Gasteiger partial charge in [0.1, 0.15) is 0 Å². The van der Waals surface area contributed by atoms with Gasteiger partial charge in [-0.3, -0.25) is 0 Å². The van der Waals surface area contributed by atoms with Crippen LogP contribution in [-0.4, -0.2) is 23.2 Å². The Kier molecular flexibility index (Phi) is 18.2. The molecule has 0 spiro atoms. The molecule has 3 nitrogen and oxygen atoms in total. The molecule has 0 aromatic heterocycles. The topological polar surface area (TPSA) is 44.5 Å². The Labute approximate surface area is 102 Å². The summed E-state index contributed by atoms with van der Waals surface area (Å²) < 4.78 is 9.98. The first-order valence-corrected chi connectivity index (χ1v) is 6.92. The molecule has 0 unspecified atom stereocenters. The van der Waals surface area contributed by atoms with Crippen molar-refractivity contribution in [1.29, 1.82) is 0 Å². The van der Waals surface area contributed by atoms with Crippen molar-refractivity contribution in [2.45, 2.75) is 27.7 Å². The van der Waals surface area contributed by atoms with Crippen molar-refractivity contribution in [2.24, 2.45) is 0 Å². The van der Waals surface area contributed by atoms with Gasteiger partial charge in [-0.25, -0.2) is 0 Å². The lowest BCUT2D eigenvalue weighted by molar-refractivity contribution is 0.240. The van der Waals surface area contributed by atoms with Crippen LogP contribution in [0.3, 0.4) is 0 Å². The van der Waals surface area contributed by atoms with Crippen LogP contribution < -0.4 is 5.73 Å². The second kappa shape index (κ2) is 16.6. The summed E-state index contributed by atoms with van der Waals surface area (Å²) in [7, 11) is -0.589. The predicted molar refractivity (Wildman–Crippen MR) is 74.0 cm³/mol. The van der Waals surface area contributed by atoms with Gasteiger partial charge < -0.3 is 14.6 Å². The molecule has 1 rings (SSSR count). The Hall–Kier alpha value is -0.843. The van der Waals surface area contributed by atoms with E-state index in [9.17, 15) is 0 Å². The van der Waals surface area contributed by atoms with E-state index in [-0.39, 0.29) is 0 Å². The molecule has 94 valence electrons. The monoisotopic (exact) mass is 243 g/mol. The van der Waals surface area contributed by atoms with Gasteiger partial charge in [-0.15, -0.1) is 0 Å². The van der Waals surface area contributed by atoms with Crippen molar-refractivity contribution >= 4 is 15.7 Å². The minimum absolute atomic E-state index is 0.589. The number of hydrogen-bond acceptors (Lipinski definition) is 3. The highest BCUT2D eigenvalue weighted by Gasteiger charge is 1.79. The smallest absolute Gasteiger partial charge is 0.304 e. The van der Waals surface area contributed by atoms with E-state index in [4.69, 9.17) is 14.6 Å². The quantitative estimate of drug-likeness (QED) is 0.501. The lowest BCUT2D eigenvalue weighted by atomic mass is 10.3. The van der Waals surface area contributed by atoms with E-state index in [0.717, 1.165) is 18.9 Å². The third-order valence-corrected chi connectivity index (χ3v) is 2.52. The summed E-state index contributed by atoms with van der Waals surface area (Å²) in [4.78, 5) is 0. The number of para-hydroxylation sites is 1. The van der Waals surface area contributed by atoms with Crippen LogP contribution in [0.2, 0.25) is 0 Å². The van der Waals surface area contributed by atoms with E-state index >= 15 is 0 Å². The molecule has 1 aromatic rings. The molecule has 4 heteroatoms. The van der Waals surface area contributed by atoms with Gasteiger partial charge in [0.15, 0.2) is 0 Å². The zero-order valence-electron chi connectivity index (χ0n) is 10.9. The average molecular weight is 243 g/mol. The highest BCUT2D eigenvalue weighted by Crippen LogP contribution is 1.95. The normalized spacial score (nSPS) is 8.25. The minimum Gasteiger partial charge on any atom is -0.399 e.